The fourth-order valence-electron chi connectivity index (χ4n) is 1.80. The Hall–Kier alpha value is -0.300. The fourth-order valence-corrected chi connectivity index (χ4v) is 3.06. The molecule has 0 atom stereocenters. The van der Waals surface area contributed by atoms with Crippen LogP contribution in [0.4, 0.5) is 0 Å². The lowest BCUT2D eigenvalue weighted by atomic mass is 9.98. The van der Waals surface area contributed by atoms with E-state index >= 15 is 0 Å². The molecule has 1 heterocycles. The Morgan fingerprint density at radius 2 is 1.79 bits per heavy atom. The minimum absolute atomic E-state index is 0.723. The lowest BCUT2D eigenvalue weighted by Gasteiger charge is -2.08. The van der Waals surface area contributed by atoms with Crippen molar-refractivity contribution < 1.29 is 0 Å². The molecule has 1 aliphatic carbocycles. The Morgan fingerprint density at radius 3 is 2.36 bits per heavy atom. The lowest BCUT2D eigenvalue weighted by molar-refractivity contribution is 0.696. The second-order valence-electron chi connectivity index (χ2n) is 3.96. The molecule has 0 saturated heterocycles. The van der Waals surface area contributed by atoms with Gasteiger partial charge in [-0.25, -0.2) is 0 Å². The highest BCUT2D eigenvalue weighted by molar-refractivity contribution is 7.12. The van der Waals surface area contributed by atoms with Crippen LogP contribution in [-0.2, 0) is 12.8 Å². The Kier molecular flexibility index (Phi) is 4.67. The summed E-state index contributed by atoms with van der Waals surface area (Å²) in [5.41, 5.74) is 1.65. The molecule has 0 bridgehead atoms. The minimum Gasteiger partial charge on any atom is -0.145 e. The van der Waals surface area contributed by atoms with Crippen LogP contribution in [0.2, 0.25) is 0 Å². The molecule has 0 saturated carbocycles. The molecule has 0 spiro atoms. The zero-order valence-electron chi connectivity index (χ0n) is 9.89. The van der Waals surface area contributed by atoms with Gasteiger partial charge in [0, 0.05) is 9.75 Å². The van der Waals surface area contributed by atoms with Gasteiger partial charge in [0.25, 0.3) is 0 Å². The van der Waals surface area contributed by atoms with Crippen molar-refractivity contribution in [3.8, 4) is 0 Å². The van der Waals surface area contributed by atoms with Gasteiger partial charge in [-0.3, -0.25) is 0 Å². The van der Waals surface area contributed by atoms with Gasteiger partial charge in [-0.1, -0.05) is 27.7 Å². The van der Waals surface area contributed by atoms with Gasteiger partial charge < -0.3 is 0 Å². The van der Waals surface area contributed by atoms with E-state index in [1.165, 1.54) is 25.7 Å². The van der Waals surface area contributed by atoms with Gasteiger partial charge in [-0.15, -0.1) is 11.3 Å². The van der Waals surface area contributed by atoms with Crippen molar-refractivity contribution in [3.05, 3.63) is 21.4 Å². The molecule has 1 aliphatic rings. The average Bonchev–Trinajstić information content (AvgIpc) is 2.64. The zero-order chi connectivity index (χ0) is 10.6. The molecule has 0 fully saturated rings. The summed E-state index contributed by atoms with van der Waals surface area (Å²) < 4.78 is 0. The van der Waals surface area contributed by atoms with E-state index in [2.05, 4.69) is 19.9 Å². The van der Waals surface area contributed by atoms with Crippen LogP contribution in [-0.4, -0.2) is 0 Å². The standard InChI is InChI=1S/C11H16S.C2H6/c1-8(2)11-7-9-5-3-4-6-10(9)12-11;1-2/h7-8H,3-6H2,1-2H3;1-2H3. The minimum atomic E-state index is 0.723. The van der Waals surface area contributed by atoms with Crippen molar-refractivity contribution >= 4 is 11.3 Å². The molecule has 1 heteroatoms. The van der Waals surface area contributed by atoms with Crippen LogP contribution in [0.25, 0.3) is 0 Å². The lowest BCUT2D eigenvalue weighted by Crippen LogP contribution is -1.96. The third-order valence-electron chi connectivity index (χ3n) is 2.58. The molecule has 1 aromatic rings. The number of fused-ring (bicyclic) bond motifs is 1. The second kappa shape index (κ2) is 5.55. The molecule has 0 nitrogen and oxygen atoms in total. The summed E-state index contributed by atoms with van der Waals surface area (Å²) in [4.78, 5) is 3.26. The van der Waals surface area contributed by atoms with E-state index in [-0.39, 0.29) is 0 Å². The van der Waals surface area contributed by atoms with Crippen molar-refractivity contribution in [1.29, 1.82) is 0 Å². The SMILES string of the molecule is CC.CC(C)c1cc2c(s1)CCCC2. The predicted molar refractivity (Wildman–Crippen MR) is 66.4 cm³/mol. The van der Waals surface area contributed by atoms with Gasteiger partial charge in [-0.2, -0.15) is 0 Å². The first-order valence-electron chi connectivity index (χ1n) is 5.89. The summed E-state index contributed by atoms with van der Waals surface area (Å²) in [6.45, 7) is 8.58. The number of hydrogen-bond acceptors (Lipinski definition) is 1. The number of rotatable bonds is 1. The van der Waals surface area contributed by atoms with Crippen LogP contribution in [0.1, 0.15) is 61.8 Å². The van der Waals surface area contributed by atoms with Crippen LogP contribution in [0.5, 0.6) is 0 Å². The Balaban J connectivity index is 0.000000461. The first kappa shape index (κ1) is 11.8. The fraction of sp³-hybridized carbons (Fsp3) is 0.692. The smallest absolute Gasteiger partial charge is 0.00802 e. The van der Waals surface area contributed by atoms with E-state index < -0.39 is 0 Å². The second-order valence-corrected chi connectivity index (χ2v) is 5.13. The van der Waals surface area contributed by atoms with Crippen molar-refractivity contribution in [2.24, 2.45) is 0 Å². The van der Waals surface area contributed by atoms with Crippen LogP contribution < -0.4 is 0 Å². The molecule has 0 unspecified atom stereocenters. The third-order valence-corrected chi connectivity index (χ3v) is 4.12. The summed E-state index contributed by atoms with van der Waals surface area (Å²) in [7, 11) is 0. The molecule has 1 aromatic heterocycles. The largest absolute Gasteiger partial charge is 0.145 e. The number of hydrogen-bond donors (Lipinski definition) is 0. The number of thiophene rings is 1. The highest BCUT2D eigenvalue weighted by Gasteiger charge is 2.14. The molecule has 2 rings (SSSR count). The van der Waals surface area contributed by atoms with Gasteiger partial charge in [0.2, 0.25) is 0 Å². The highest BCUT2D eigenvalue weighted by Crippen LogP contribution is 2.33. The zero-order valence-corrected chi connectivity index (χ0v) is 10.7. The molecule has 0 aliphatic heterocycles. The molecular weight excluding hydrogens is 188 g/mol. The monoisotopic (exact) mass is 210 g/mol. The first-order valence-corrected chi connectivity index (χ1v) is 6.70. The predicted octanol–water partition coefficient (Wildman–Crippen LogP) is 4.78. The molecule has 14 heavy (non-hydrogen) atoms. The third kappa shape index (κ3) is 2.60. The van der Waals surface area contributed by atoms with Gasteiger partial charge in [-0.05, 0) is 43.2 Å². The Morgan fingerprint density at radius 1 is 1.14 bits per heavy atom. The Labute approximate surface area is 92.4 Å². The molecule has 0 N–H and O–H groups in total. The Bertz CT molecular complexity index is 247. The van der Waals surface area contributed by atoms with E-state index in [0.717, 1.165) is 5.92 Å². The van der Waals surface area contributed by atoms with E-state index in [0.29, 0.717) is 0 Å². The van der Waals surface area contributed by atoms with Crippen molar-refractivity contribution in [1.82, 2.24) is 0 Å². The van der Waals surface area contributed by atoms with E-state index in [1.54, 1.807) is 15.3 Å². The van der Waals surface area contributed by atoms with E-state index in [1.807, 2.05) is 25.2 Å². The topological polar surface area (TPSA) is 0 Å². The first-order chi connectivity index (χ1) is 6.77. The van der Waals surface area contributed by atoms with Crippen molar-refractivity contribution in [2.75, 3.05) is 0 Å². The van der Waals surface area contributed by atoms with Crippen LogP contribution in [0, 0.1) is 0 Å². The van der Waals surface area contributed by atoms with Crippen molar-refractivity contribution in [3.63, 3.8) is 0 Å². The molecule has 0 aromatic carbocycles. The molecule has 0 radical (unpaired) electrons. The van der Waals surface area contributed by atoms with Crippen LogP contribution >= 0.6 is 11.3 Å². The normalized spacial score (nSPS) is 14.6. The van der Waals surface area contributed by atoms with Gasteiger partial charge in [0.1, 0.15) is 0 Å². The maximum absolute atomic E-state index is 2.43. The van der Waals surface area contributed by atoms with Crippen LogP contribution in [0.3, 0.4) is 0 Å². The summed E-state index contributed by atoms with van der Waals surface area (Å²) in [5, 5.41) is 0. The molecule has 0 amide bonds. The van der Waals surface area contributed by atoms with Gasteiger partial charge >= 0.3 is 0 Å². The van der Waals surface area contributed by atoms with Gasteiger partial charge in [0.05, 0.1) is 0 Å². The average molecular weight is 210 g/mol. The molecular formula is C13H22S. The summed E-state index contributed by atoms with van der Waals surface area (Å²) in [5.74, 6) is 0.723. The van der Waals surface area contributed by atoms with Gasteiger partial charge in [0.15, 0.2) is 0 Å². The summed E-state index contributed by atoms with van der Waals surface area (Å²) in [6.07, 6.45) is 5.48. The summed E-state index contributed by atoms with van der Waals surface area (Å²) >= 11 is 2.04. The maximum Gasteiger partial charge on any atom is 0.00802 e. The van der Waals surface area contributed by atoms with Crippen molar-refractivity contribution in [2.45, 2.75) is 59.3 Å². The van der Waals surface area contributed by atoms with E-state index in [4.69, 9.17) is 0 Å². The number of aryl methyl sites for hydroxylation is 2. The highest BCUT2D eigenvalue weighted by atomic mass is 32.1. The molecule has 80 valence electrons. The quantitative estimate of drug-likeness (QED) is 0.626. The maximum atomic E-state index is 2.43. The van der Waals surface area contributed by atoms with E-state index in [9.17, 15) is 0 Å². The van der Waals surface area contributed by atoms with Crippen LogP contribution in [0.15, 0.2) is 6.07 Å². The summed E-state index contributed by atoms with van der Waals surface area (Å²) in [6, 6.07) is 2.43.